The lowest BCUT2D eigenvalue weighted by Crippen LogP contribution is -2.31. The molecule has 0 saturated heterocycles. The van der Waals surface area contributed by atoms with Crippen molar-refractivity contribution in [1.29, 1.82) is 0 Å². The van der Waals surface area contributed by atoms with E-state index in [9.17, 15) is 4.79 Å². The summed E-state index contributed by atoms with van der Waals surface area (Å²) in [5.74, 6) is -0.658. The molecule has 1 aromatic rings. The third-order valence-electron chi connectivity index (χ3n) is 1.56. The number of nitrogens with two attached hydrogens (primary N) is 2. The number of carbonyl (C=O) groups is 1. The SMILES string of the molecule is NC(=O)c1cc(N)cc(B(O)O)c1. The van der Waals surface area contributed by atoms with E-state index >= 15 is 0 Å². The van der Waals surface area contributed by atoms with Crippen molar-refractivity contribution in [2.24, 2.45) is 5.73 Å². The molecule has 68 valence electrons. The number of rotatable bonds is 2. The van der Waals surface area contributed by atoms with Gasteiger partial charge in [0, 0.05) is 11.3 Å². The highest BCUT2D eigenvalue weighted by Crippen LogP contribution is 2.04. The Hall–Kier alpha value is -1.53. The van der Waals surface area contributed by atoms with Crippen LogP contribution in [0.25, 0.3) is 0 Å². The Bertz CT molecular complexity index is 341. The lowest BCUT2D eigenvalue weighted by molar-refractivity contribution is 0.100. The van der Waals surface area contributed by atoms with E-state index in [1.165, 1.54) is 18.2 Å². The van der Waals surface area contributed by atoms with E-state index in [0.29, 0.717) is 0 Å². The van der Waals surface area contributed by atoms with Crippen LogP contribution in [0.2, 0.25) is 0 Å². The van der Waals surface area contributed by atoms with Crippen molar-refractivity contribution >= 4 is 24.2 Å². The minimum absolute atomic E-state index is 0.147. The lowest BCUT2D eigenvalue weighted by atomic mass is 9.79. The highest BCUT2D eigenvalue weighted by atomic mass is 16.4. The number of primary amides is 1. The van der Waals surface area contributed by atoms with Gasteiger partial charge in [0.05, 0.1) is 0 Å². The highest BCUT2D eigenvalue weighted by molar-refractivity contribution is 6.58. The van der Waals surface area contributed by atoms with Crippen LogP contribution >= 0.6 is 0 Å². The van der Waals surface area contributed by atoms with Gasteiger partial charge in [-0.1, -0.05) is 0 Å². The Morgan fingerprint density at radius 1 is 1.31 bits per heavy atom. The molecule has 1 rings (SSSR count). The summed E-state index contributed by atoms with van der Waals surface area (Å²) in [6.45, 7) is 0. The summed E-state index contributed by atoms with van der Waals surface area (Å²) >= 11 is 0. The third-order valence-corrected chi connectivity index (χ3v) is 1.56. The van der Waals surface area contributed by atoms with Crippen LogP contribution in [-0.2, 0) is 0 Å². The Morgan fingerprint density at radius 2 is 1.92 bits per heavy atom. The summed E-state index contributed by atoms with van der Waals surface area (Å²) in [4.78, 5) is 10.7. The molecule has 0 saturated carbocycles. The van der Waals surface area contributed by atoms with Gasteiger partial charge in [0.25, 0.3) is 0 Å². The average molecular weight is 180 g/mol. The summed E-state index contributed by atoms with van der Waals surface area (Å²) in [7, 11) is -1.65. The summed E-state index contributed by atoms with van der Waals surface area (Å²) in [5, 5.41) is 17.6. The molecule has 13 heavy (non-hydrogen) atoms. The van der Waals surface area contributed by atoms with E-state index in [-0.39, 0.29) is 16.7 Å². The maximum Gasteiger partial charge on any atom is 0.488 e. The van der Waals surface area contributed by atoms with Gasteiger partial charge in [-0.3, -0.25) is 4.79 Å². The van der Waals surface area contributed by atoms with Crippen molar-refractivity contribution in [3.05, 3.63) is 23.8 Å². The first-order valence-electron chi connectivity index (χ1n) is 3.57. The fourth-order valence-electron chi connectivity index (χ4n) is 0.968. The number of anilines is 1. The molecule has 0 aliphatic heterocycles. The van der Waals surface area contributed by atoms with Crippen LogP contribution in [0.15, 0.2) is 18.2 Å². The largest absolute Gasteiger partial charge is 0.488 e. The molecule has 0 aromatic heterocycles. The van der Waals surface area contributed by atoms with Gasteiger partial charge >= 0.3 is 7.12 Å². The molecule has 1 amide bonds. The molecule has 1 aromatic carbocycles. The molecule has 0 aliphatic rings. The Balaban J connectivity index is 3.19. The lowest BCUT2D eigenvalue weighted by Gasteiger charge is -2.03. The number of amides is 1. The Kier molecular flexibility index (Phi) is 2.55. The van der Waals surface area contributed by atoms with Gasteiger partial charge < -0.3 is 21.5 Å². The maximum absolute atomic E-state index is 10.7. The minimum atomic E-state index is -1.65. The average Bonchev–Trinajstić information content (AvgIpc) is 2.03. The fourth-order valence-corrected chi connectivity index (χ4v) is 0.968. The van der Waals surface area contributed by atoms with Crippen LogP contribution in [0.3, 0.4) is 0 Å². The van der Waals surface area contributed by atoms with Crippen LogP contribution in [0.1, 0.15) is 10.4 Å². The maximum atomic E-state index is 10.7. The molecule has 0 fully saturated rings. The minimum Gasteiger partial charge on any atom is -0.423 e. The van der Waals surface area contributed by atoms with Crippen LogP contribution in [0.5, 0.6) is 0 Å². The molecule has 0 atom stereocenters. The first kappa shape index (κ1) is 9.56. The molecular weight excluding hydrogens is 171 g/mol. The molecule has 0 heterocycles. The van der Waals surface area contributed by atoms with E-state index in [0.717, 1.165) is 0 Å². The number of benzene rings is 1. The van der Waals surface area contributed by atoms with Crippen LogP contribution in [0.4, 0.5) is 5.69 Å². The first-order valence-corrected chi connectivity index (χ1v) is 3.57. The van der Waals surface area contributed by atoms with E-state index in [1.54, 1.807) is 0 Å². The number of hydrogen-bond donors (Lipinski definition) is 4. The molecule has 5 nitrogen and oxygen atoms in total. The molecule has 0 spiro atoms. The number of hydrogen-bond acceptors (Lipinski definition) is 4. The quantitative estimate of drug-likeness (QED) is 0.313. The second kappa shape index (κ2) is 3.46. The predicted octanol–water partition coefficient (Wildman–Crippen LogP) is -1.95. The Morgan fingerprint density at radius 3 is 2.38 bits per heavy atom. The molecule has 0 aliphatic carbocycles. The molecule has 6 N–H and O–H groups in total. The van der Waals surface area contributed by atoms with E-state index in [4.69, 9.17) is 21.5 Å². The van der Waals surface area contributed by atoms with Crippen molar-refractivity contribution in [2.75, 3.05) is 5.73 Å². The second-order valence-electron chi connectivity index (χ2n) is 2.63. The predicted molar refractivity (Wildman–Crippen MR) is 49.2 cm³/mol. The highest BCUT2D eigenvalue weighted by Gasteiger charge is 2.13. The van der Waals surface area contributed by atoms with Gasteiger partial charge in [0.2, 0.25) is 5.91 Å². The van der Waals surface area contributed by atoms with E-state index in [2.05, 4.69) is 0 Å². The van der Waals surface area contributed by atoms with Crippen molar-refractivity contribution < 1.29 is 14.8 Å². The standard InChI is InChI=1S/C7H9BN2O3/c9-6-2-4(7(10)11)1-5(3-6)8(12)13/h1-3,12-13H,9H2,(H2,10,11). The topological polar surface area (TPSA) is 110 Å². The van der Waals surface area contributed by atoms with Crippen molar-refractivity contribution in [3.63, 3.8) is 0 Å². The van der Waals surface area contributed by atoms with Gasteiger partial charge in [0.15, 0.2) is 0 Å². The Labute approximate surface area is 75.1 Å². The smallest absolute Gasteiger partial charge is 0.423 e. The van der Waals surface area contributed by atoms with Crippen molar-refractivity contribution in [3.8, 4) is 0 Å². The zero-order chi connectivity index (χ0) is 10.0. The fraction of sp³-hybridized carbons (Fsp3) is 0. The second-order valence-corrected chi connectivity index (χ2v) is 2.63. The van der Waals surface area contributed by atoms with Crippen LogP contribution in [-0.4, -0.2) is 23.1 Å². The van der Waals surface area contributed by atoms with Gasteiger partial charge in [-0.2, -0.15) is 0 Å². The molecule has 0 bridgehead atoms. The molecule has 0 radical (unpaired) electrons. The summed E-state index contributed by atoms with van der Waals surface area (Å²) in [6.07, 6.45) is 0. The van der Waals surface area contributed by atoms with Crippen LogP contribution in [0, 0.1) is 0 Å². The molecule has 0 unspecified atom stereocenters. The zero-order valence-corrected chi connectivity index (χ0v) is 6.77. The third kappa shape index (κ3) is 2.20. The van der Waals surface area contributed by atoms with Crippen molar-refractivity contribution in [1.82, 2.24) is 0 Å². The van der Waals surface area contributed by atoms with Gasteiger partial charge in [-0.25, -0.2) is 0 Å². The van der Waals surface area contributed by atoms with Gasteiger partial charge in [-0.15, -0.1) is 0 Å². The summed E-state index contributed by atoms with van der Waals surface area (Å²) in [5.41, 5.74) is 11.0. The molecule has 6 heteroatoms. The van der Waals surface area contributed by atoms with E-state index in [1.807, 2.05) is 0 Å². The van der Waals surface area contributed by atoms with Crippen LogP contribution < -0.4 is 16.9 Å². The number of carbonyl (C=O) groups excluding carboxylic acids is 1. The van der Waals surface area contributed by atoms with E-state index < -0.39 is 13.0 Å². The number of nitrogen functional groups attached to an aromatic ring is 1. The monoisotopic (exact) mass is 180 g/mol. The molecular formula is C7H9BN2O3. The van der Waals surface area contributed by atoms with Crippen molar-refractivity contribution in [2.45, 2.75) is 0 Å². The first-order chi connectivity index (χ1) is 6.00. The van der Waals surface area contributed by atoms with Gasteiger partial charge in [0.1, 0.15) is 0 Å². The summed E-state index contributed by atoms with van der Waals surface area (Å²) < 4.78 is 0. The van der Waals surface area contributed by atoms with Gasteiger partial charge in [-0.05, 0) is 23.7 Å². The summed E-state index contributed by atoms with van der Waals surface area (Å²) in [6, 6.07) is 4.01. The normalized spacial score (nSPS) is 9.69. The zero-order valence-electron chi connectivity index (χ0n) is 6.77.